The summed E-state index contributed by atoms with van der Waals surface area (Å²) in [6, 6.07) is 16.8. The molecule has 4 rings (SSSR count). The second-order valence-corrected chi connectivity index (χ2v) is 7.29. The lowest BCUT2D eigenvalue weighted by molar-refractivity contribution is 0.0525. The summed E-state index contributed by atoms with van der Waals surface area (Å²) in [7, 11) is 0. The van der Waals surface area contributed by atoms with Crippen molar-refractivity contribution in [2.24, 2.45) is 0 Å². The summed E-state index contributed by atoms with van der Waals surface area (Å²) in [5, 5.41) is 9.79. The fraction of sp³-hybridized carbons (Fsp3) is 0.120. The summed E-state index contributed by atoms with van der Waals surface area (Å²) in [6.45, 7) is 3.81. The Balaban J connectivity index is 1.39. The first-order chi connectivity index (χ1) is 16.5. The van der Waals surface area contributed by atoms with E-state index in [0.717, 1.165) is 0 Å². The second-order valence-electron chi connectivity index (χ2n) is 7.29. The lowest BCUT2D eigenvalue weighted by Gasteiger charge is -2.09. The molecule has 2 N–H and O–H groups in total. The number of rotatable bonds is 7. The molecule has 2 heterocycles. The van der Waals surface area contributed by atoms with E-state index < -0.39 is 5.97 Å². The van der Waals surface area contributed by atoms with Crippen LogP contribution in [0.3, 0.4) is 0 Å². The van der Waals surface area contributed by atoms with E-state index in [0.29, 0.717) is 33.9 Å². The second kappa shape index (κ2) is 9.86. The number of nitrogens with one attached hydrogen (secondary N) is 2. The number of ether oxygens (including phenoxy) is 1. The molecule has 2 aromatic carbocycles. The average Bonchev–Trinajstić information content (AvgIpc) is 3.51. The molecule has 4 aromatic rings. The van der Waals surface area contributed by atoms with Crippen molar-refractivity contribution in [3.05, 3.63) is 95.7 Å². The molecule has 0 atom stereocenters. The molecule has 0 spiro atoms. The molecule has 0 fully saturated rings. The first-order valence-corrected chi connectivity index (χ1v) is 10.5. The number of nitrogens with zero attached hydrogens (tertiary/aromatic N) is 2. The van der Waals surface area contributed by atoms with Gasteiger partial charge in [0.2, 0.25) is 0 Å². The molecule has 34 heavy (non-hydrogen) atoms. The number of furan rings is 1. The van der Waals surface area contributed by atoms with Crippen LogP contribution in [0.4, 0.5) is 11.4 Å². The number of hydrogen-bond acceptors (Lipinski definition) is 6. The number of anilines is 2. The van der Waals surface area contributed by atoms with E-state index >= 15 is 0 Å². The summed E-state index contributed by atoms with van der Waals surface area (Å²) in [4.78, 5) is 36.7. The van der Waals surface area contributed by atoms with Gasteiger partial charge in [0.1, 0.15) is 5.56 Å². The van der Waals surface area contributed by atoms with Crippen molar-refractivity contribution in [3.63, 3.8) is 0 Å². The molecule has 0 radical (unpaired) electrons. The molecule has 9 nitrogen and oxygen atoms in total. The van der Waals surface area contributed by atoms with Gasteiger partial charge < -0.3 is 19.8 Å². The molecular formula is C25H22N4O5. The van der Waals surface area contributed by atoms with Crippen LogP contribution in [0.15, 0.2) is 77.5 Å². The minimum atomic E-state index is -0.422. The highest BCUT2D eigenvalue weighted by Gasteiger charge is 2.16. The van der Waals surface area contributed by atoms with Crippen LogP contribution in [0, 0.1) is 6.92 Å². The Kier molecular flexibility index (Phi) is 6.54. The number of esters is 1. The molecular weight excluding hydrogens is 436 g/mol. The van der Waals surface area contributed by atoms with Gasteiger partial charge in [0.25, 0.3) is 11.8 Å². The summed E-state index contributed by atoms with van der Waals surface area (Å²) < 4.78 is 11.7. The van der Waals surface area contributed by atoms with Crippen LogP contribution in [0.1, 0.15) is 43.9 Å². The highest BCUT2D eigenvalue weighted by Crippen LogP contribution is 2.18. The van der Waals surface area contributed by atoms with Gasteiger partial charge in [-0.3, -0.25) is 9.59 Å². The Hall–Kier alpha value is -4.66. The lowest BCUT2D eigenvalue weighted by atomic mass is 10.1. The Bertz CT molecular complexity index is 1310. The fourth-order valence-electron chi connectivity index (χ4n) is 3.27. The third-order valence-electron chi connectivity index (χ3n) is 5.02. The number of benzene rings is 2. The van der Waals surface area contributed by atoms with E-state index in [9.17, 15) is 14.4 Å². The van der Waals surface area contributed by atoms with Crippen molar-refractivity contribution in [2.75, 3.05) is 17.2 Å². The monoisotopic (exact) mass is 458 g/mol. The third kappa shape index (κ3) is 4.88. The van der Waals surface area contributed by atoms with Crippen LogP contribution >= 0.6 is 0 Å². The topological polar surface area (TPSA) is 115 Å². The maximum atomic E-state index is 12.6. The first kappa shape index (κ1) is 22.5. The zero-order chi connectivity index (χ0) is 24.1. The van der Waals surface area contributed by atoms with Gasteiger partial charge in [-0.1, -0.05) is 0 Å². The zero-order valence-electron chi connectivity index (χ0n) is 18.6. The number of amides is 2. The van der Waals surface area contributed by atoms with Gasteiger partial charge in [-0.2, -0.15) is 5.10 Å². The summed E-state index contributed by atoms with van der Waals surface area (Å²) in [6.07, 6.45) is 2.89. The van der Waals surface area contributed by atoms with E-state index in [4.69, 9.17) is 9.15 Å². The minimum absolute atomic E-state index is 0.211. The lowest BCUT2D eigenvalue weighted by Crippen LogP contribution is -2.13. The molecule has 0 bridgehead atoms. The standard InChI is InChI=1S/C25H22N4O5/c1-3-33-25(32)21-15-26-29(16(21)2)20-12-6-17(7-13-20)23(30)27-18-8-10-19(11-9-18)28-24(31)22-5-4-14-34-22/h4-15H,3H2,1-2H3,(H,27,30)(H,28,31). The smallest absolute Gasteiger partial charge is 0.341 e. The van der Waals surface area contributed by atoms with Crippen LogP contribution in [0.25, 0.3) is 5.69 Å². The fourth-order valence-corrected chi connectivity index (χ4v) is 3.27. The summed E-state index contributed by atoms with van der Waals surface area (Å²) >= 11 is 0. The largest absolute Gasteiger partial charge is 0.462 e. The molecule has 9 heteroatoms. The van der Waals surface area contributed by atoms with E-state index in [2.05, 4.69) is 15.7 Å². The average molecular weight is 458 g/mol. The predicted molar refractivity (Wildman–Crippen MR) is 125 cm³/mol. The molecule has 0 saturated heterocycles. The van der Waals surface area contributed by atoms with Crippen molar-refractivity contribution in [1.82, 2.24) is 9.78 Å². The van der Waals surface area contributed by atoms with E-state index in [1.807, 2.05) is 0 Å². The van der Waals surface area contributed by atoms with Crippen LogP contribution in [-0.2, 0) is 4.74 Å². The summed E-state index contributed by atoms with van der Waals surface area (Å²) in [5.41, 5.74) is 3.35. The van der Waals surface area contributed by atoms with Gasteiger partial charge in [-0.15, -0.1) is 0 Å². The Morgan fingerprint density at radius 2 is 1.59 bits per heavy atom. The van der Waals surface area contributed by atoms with Gasteiger partial charge in [0, 0.05) is 16.9 Å². The molecule has 0 unspecified atom stereocenters. The zero-order valence-corrected chi connectivity index (χ0v) is 18.6. The van der Waals surface area contributed by atoms with Gasteiger partial charge in [0.05, 0.1) is 30.4 Å². The van der Waals surface area contributed by atoms with Crippen molar-refractivity contribution in [1.29, 1.82) is 0 Å². The predicted octanol–water partition coefficient (Wildman–Crippen LogP) is 4.46. The van der Waals surface area contributed by atoms with E-state index in [-0.39, 0.29) is 24.2 Å². The molecule has 0 aliphatic heterocycles. The molecule has 172 valence electrons. The molecule has 0 saturated carbocycles. The maximum absolute atomic E-state index is 12.6. The van der Waals surface area contributed by atoms with Gasteiger partial charge >= 0.3 is 5.97 Å². The Labute approximate surface area is 195 Å². The Morgan fingerprint density at radius 3 is 2.18 bits per heavy atom. The van der Waals surface area contributed by atoms with Crippen molar-refractivity contribution < 1.29 is 23.5 Å². The number of carbonyl (C=O) groups is 3. The third-order valence-corrected chi connectivity index (χ3v) is 5.02. The molecule has 0 aliphatic rings. The van der Waals surface area contributed by atoms with Crippen LogP contribution in [0.2, 0.25) is 0 Å². The number of aromatic nitrogens is 2. The van der Waals surface area contributed by atoms with Gasteiger partial charge in [-0.25, -0.2) is 9.48 Å². The van der Waals surface area contributed by atoms with E-state index in [1.54, 1.807) is 79.2 Å². The highest BCUT2D eigenvalue weighted by atomic mass is 16.5. The summed E-state index contributed by atoms with van der Waals surface area (Å²) in [5.74, 6) is -0.857. The van der Waals surface area contributed by atoms with Gasteiger partial charge in [0.15, 0.2) is 5.76 Å². The normalized spacial score (nSPS) is 10.5. The molecule has 0 aliphatic carbocycles. The van der Waals surface area contributed by atoms with Gasteiger partial charge in [-0.05, 0) is 74.5 Å². The SMILES string of the molecule is CCOC(=O)c1cnn(-c2ccc(C(=O)Nc3ccc(NC(=O)c4ccco4)cc3)cc2)c1C. The van der Waals surface area contributed by atoms with Crippen molar-refractivity contribution in [2.45, 2.75) is 13.8 Å². The highest BCUT2D eigenvalue weighted by molar-refractivity contribution is 6.05. The van der Waals surface area contributed by atoms with Crippen LogP contribution in [0.5, 0.6) is 0 Å². The van der Waals surface area contributed by atoms with E-state index in [1.165, 1.54) is 12.5 Å². The van der Waals surface area contributed by atoms with Crippen LogP contribution < -0.4 is 10.6 Å². The molecule has 2 aromatic heterocycles. The quantitative estimate of drug-likeness (QED) is 0.395. The van der Waals surface area contributed by atoms with Crippen LogP contribution in [-0.4, -0.2) is 34.2 Å². The maximum Gasteiger partial charge on any atom is 0.341 e. The van der Waals surface area contributed by atoms with Crippen molar-refractivity contribution >= 4 is 29.2 Å². The number of hydrogen-bond donors (Lipinski definition) is 2. The number of carbonyl (C=O) groups excluding carboxylic acids is 3. The van der Waals surface area contributed by atoms with Crippen molar-refractivity contribution in [3.8, 4) is 5.69 Å². The first-order valence-electron chi connectivity index (χ1n) is 10.5. The molecule has 2 amide bonds. The minimum Gasteiger partial charge on any atom is -0.462 e. The Morgan fingerprint density at radius 1 is 0.941 bits per heavy atom.